The van der Waals surface area contributed by atoms with Crippen molar-refractivity contribution in [2.24, 2.45) is 5.92 Å². The van der Waals surface area contributed by atoms with Crippen LogP contribution in [-0.4, -0.2) is 56.2 Å². The Balaban J connectivity index is 1.62. The molecule has 0 unspecified atom stereocenters. The maximum atomic E-state index is 12.4. The van der Waals surface area contributed by atoms with Crippen molar-refractivity contribution in [3.63, 3.8) is 0 Å². The number of piperidine rings is 1. The lowest BCUT2D eigenvalue weighted by atomic mass is 9.94. The second-order valence-corrected chi connectivity index (χ2v) is 7.14. The largest absolute Gasteiger partial charge is 0.417 e. The van der Waals surface area contributed by atoms with Crippen molar-refractivity contribution < 1.29 is 14.3 Å². The molecule has 2 saturated heterocycles. The number of esters is 1. The first kappa shape index (κ1) is 18.2. The Kier molecular flexibility index (Phi) is 5.93. The fourth-order valence-corrected chi connectivity index (χ4v) is 3.68. The first-order valence-corrected chi connectivity index (χ1v) is 9.09. The van der Waals surface area contributed by atoms with Crippen LogP contribution in [0, 0.1) is 5.92 Å². The molecule has 25 heavy (non-hydrogen) atoms. The maximum Gasteiger partial charge on any atom is 0.417 e. The van der Waals surface area contributed by atoms with Crippen LogP contribution in [0.3, 0.4) is 0 Å². The number of amides is 1. The van der Waals surface area contributed by atoms with Gasteiger partial charge in [0.15, 0.2) is 0 Å². The van der Waals surface area contributed by atoms with Crippen LogP contribution in [-0.2, 0) is 9.53 Å². The first-order valence-electron chi connectivity index (χ1n) is 8.71. The molecule has 1 amide bonds. The lowest BCUT2D eigenvalue weighted by Crippen LogP contribution is -2.43. The van der Waals surface area contributed by atoms with Gasteiger partial charge in [0.25, 0.3) is 0 Å². The summed E-state index contributed by atoms with van der Waals surface area (Å²) in [4.78, 5) is 26.2. The second-order valence-electron chi connectivity index (χ2n) is 6.71. The van der Waals surface area contributed by atoms with Gasteiger partial charge in [-0.2, -0.15) is 0 Å². The van der Waals surface area contributed by atoms with E-state index in [1.54, 1.807) is 7.05 Å². The number of ether oxygens (including phenoxy) is 1. The predicted molar refractivity (Wildman–Crippen MR) is 95.7 cm³/mol. The number of halogens is 1. The lowest BCUT2D eigenvalue weighted by Gasteiger charge is -2.29. The highest BCUT2D eigenvalue weighted by molar-refractivity contribution is 6.30. The quantitative estimate of drug-likeness (QED) is 0.633. The molecule has 2 fully saturated rings. The molecule has 2 aliphatic heterocycles. The van der Waals surface area contributed by atoms with E-state index < -0.39 is 12.1 Å². The van der Waals surface area contributed by atoms with Gasteiger partial charge in [-0.05, 0) is 43.6 Å². The minimum absolute atomic E-state index is 0.0606. The molecule has 6 nitrogen and oxygen atoms in total. The second kappa shape index (κ2) is 8.17. The Hall–Kier alpha value is -1.63. The van der Waals surface area contributed by atoms with Gasteiger partial charge in [0.2, 0.25) is 0 Å². The highest BCUT2D eigenvalue weighted by atomic mass is 35.5. The van der Waals surface area contributed by atoms with Crippen LogP contribution in [0.5, 0.6) is 0 Å². The van der Waals surface area contributed by atoms with E-state index in [1.807, 2.05) is 24.3 Å². The van der Waals surface area contributed by atoms with Gasteiger partial charge in [0.05, 0.1) is 12.0 Å². The molecule has 2 heterocycles. The number of carbonyl (C=O) groups excluding carboxylic acids is 2. The summed E-state index contributed by atoms with van der Waals surface area (Å²) in [7, 11) is 1.69. The fraction of sp³-hybridized carbons (Fsp3) is 0.556. The van der Waals surface area contributed by atoms with Gasteiger partial charge in [-0.15, -0.1) is 0 Å². The van der Waals surface area contributed by atoms with E-state index in [0.29, 0.717) is 24.4 Å². The molecular weight excluding hydrogens is 342 g/mol. The molecule has 1 aromatic carbocycles. The third-order valence-corrected chi connectivity index (χ3v) is 5.38. The summed E-state index contributed by atoms with van der Waals surface area (Å²) in [5.74, 6) is -0.455. The van der Waals surface area contributed by atoms with E-state index in [2.05, 4.69) is 10.6 Å². The Morgan fingerprint density at radius 3 is 2.48 bits per heavy atom. The molecule has 3 rings (SSSR count). The number of nitrogens with zero attached hydrogens (tertiary/aromatic N) is 1. The van der Waals surface area contributed by atoms with Gasteiger partial charge in [0, 0.05) is 31.1 Å². The van der Waals surface area contributed by atoms with E-state index in [-0.39, 0.29) is 17.9 Å². The summed E-state index contributed by atoms with van der Waals surface area (Å²) in [6, 6.07) is 7.60. The third-order valence-electron chi connectivity index (χ3n) is 5.13. The zero-order valence-electron chi connectivity index (χ0n) is 14.3. The van der Waals surface area contributed by atoms with Gasteiger partial charge >= 0.3 is 12.1 Å². The van der Waals surface area contributed by atoms with Crippen LogP contribution in [0.15, 0.2) is 24.3 Å². The number of nitrogens with one attached hydrogen (secondary N) is 2. The van der Waals surface area contributed by atoms with Gasteiger partial charge in [-0.25, -0.2) is 4.79 Å². The summed E-state index contributed by atoms with van der Waals surface area (Å²) >= 11 is 5.96. The molecule has 0 bridgehead atoms. The number of likely N-dealkylation sites (N-methyl/N-ethyl adjacent to an activating group) is 1. The smallest absolute Gasteiger partial charge is 0.376 e. The zero-order valence-corrected chi connectivity index (χ0v) is 15.1. The summed E-state index contributed by atoms with van der Waals surface area (Å²) in [5.41, 5.74) is 1.11. The number of benzene rings is 1. The van der Waals surface area contributed by atoms with Gasteiger partial charge in [-0.1, -0.05) is 23.7 Å². The van der Waals surface area contributed by atoms with E-state index in [4.69, 9.17) is 16.3 Å². The molecule has 2 atom stereocenters. The van der Waals surface area contributed by atoms with E-state index >= 15 is 0 Å². The third kappa shape index (κ3) is 4.32. The van der Waals surface area contributed by atoms with Crippen molar-refractivity contribution in [2.45, 2.75) is 24.8 Å². The number of hydrogen-bond acceptors (Lipinski definition) is 5. The molecule has 7 heteroatoms. The molecular formula is C18H24ClN3O3. The molecule has 136 valence electrons. The van der Waals surface area contributed by atoms with Crippen molar-refractivity contribution in [1.82, 2.24) is 15.5 Å². The molecule has 0 aromatic heterocycles. The molecule has 2 aliphatic rings. The number of rotatable bonds is 3. The molecule has 0 spiro atoms. The van der Waals surface area contributed by atoms with Crippen LogP contribution in [0.2, 0.25) is 5.02 Å². The molecule has 2 N–H and O–H groups in total. The summed E-state index contributed by atoms with van der Waals surface area (Å²) in [6.07, 6.45) is 0.860. The molecule has 0 saturated carbocycles. The minimum atomic E-state index is -0.573. The molecule has 0 radical (unpaired) electrons. The van der Waals surface area contributed by atoms with Crippen LogP contribution in [0.1, 0.15) is 24.3 Å². The minimum Gasteiger partial charge on any atom is -0.376 e. The average Bonchev–Trinajstić information content (AvgIpc) is 3.12. The highest BCUT2D eigenvalue weighted by Gasteiger charge is 2.35. The van der Waals surface area contributed by atoms with Gasteiger partial charge in [-0.3, -0.25) is 4.79 Å². The Bertz CT molecular complexity index is 616. The van der Waals surface area contributed by atoms with Gasteiger partial charge in [0.1, 0.15) is 0 Å². The van der Waals surface area contributed by atoms with Crippen molar-refractivity contribution in [2.75, 3.05) is 33.2 Å². The van der Waals surface area contributed by atoms with Crippen molar-refractivity contribution in [3.8, 4) is 0 Å². The number of carbonyl (C=O) groups is 2. The van der Waals surface area contributed by atoms with Crippen molar-refractivity contribution >= 4 is 23.7 Å². The van der Waals surface area contributed by atoms with Crippen molar-refractivity contribution in [3.05, 3.63) is 34.9 Å². The Labute approximate surface area is 152 Å². The van der Waals surface area contributed by atoms with E-state index in [1.165, 1.54) is 4.90 Å². The van der Waals surface area contributed by atoms with Crippen LogP contribution < -0.4 is 10.6 Å². The highest BCUT2D eigenvalue weighted by Crippen LogP contribution is 2.28. The molecule has 1 aromatic rings. The van der Waals surface area contributed by atoms with Crippen LogP contribution >= 0.6 is 11.6 Å². The first-order chi connectivity index (χ1) is 12.1. The van der Waals surface area contributed by atoms with Gasteiger partial charge < -0.3 is 20.3 Å². The van der Waals surface area contributed by atoms with Crippen molar-refractivity contribution in [1.29, 1.82) is 0 Å². The normalized spacial score (nSPS) is 24.1. The summed E-state index contributed by atoms with van der Waals surface area (Å²) < 4.78 is 5.14. The summed E-state index contributed by atoms with van der Waals surface area (Å²) in [6.45, 7) is 3.01. The monoisotopic (exact) mass is 365 g/mol. The Morgan fingerprint density at radius 1 is 1.12 bits per heavy atom. The Morgan fingerprint density at radius 2 is 1.80 bits per heavy atom. The zero-order chi connectivity index (χ0) is 17.8. The predicted octanol–water partition coefficient (Wildman–Crippen LogP) is 1.99. The lowest BCUT2D eigenvalue weighted by molar-refractivity contribution is -0.143. The maximum absolute atomic E-state index is 12.4. The number of hydrogen-bond donors (Lipinski definition) is 2. The summed E-state index contributed by atoms with van der Waals surface area (Å²) in [5, 5.41) is 7.20. The fourth-order valence-electron chi connectivity index (χ4n) is 3.56. The average molecular weight is 366 g/mol. The SMILES string of the molecule is CN(C(=O)OC(=O)C1CCNCC1)[C@@H]1CNC[C@H]1c1ccc(Cl)cc1. The van der Waals surface area contributed by atoms with Crippen LogP contribution in [0.25, 0.3) is 0 Å². The standard InChI is InChI=1S/C18H24ClN3O3/c1-22(18(24)25-17(23)13-6-8-20-9-7-13)16-11-21-10-15(16)12-2-4-14(19)5-3-12/h2-5,13,15-16,20-21H,6-11H2,1H3/t15-,16+/m0/s1. The van der Waals surface area contributed by atoms with E-state index in [0.717, 1.165) is 25.2 Å². The topological polar surface area (TPSA) is 70.7 Å². The molecule has 0 aliphatic carbocycles. The van der Waals surface area contributed by atoms with Crippen LogP contribution in [0.4, 0.5) is 4.79 Å². The van der Waals surface area contributed by atoms with E-state index in [9.17, 15) is 9.59 Å².